The summed E-state index contributed by atoms with van der Waals surface area (Å²) in [5.74, 6) is -0.889. The molecule has 1 aliphatic rings. The van der Waals surface area contributed by atoms with Crippen molar-refractivity contribution in [1.82, 2.24) is 9.55 Å². The molecule has 0 unspecified atom stereocenters. The fraction of sp³-hybridized carbons (Fsp3) is 0.400. The van der Waals surface area contributed by atoms with Gasteiger partial charge >= 0.3 is 0 Å². The zero-order valence-electron chi connectivity index (χ0n) is 19.2. The molecule has 0 aliphatic carbocycles. The van der Waals surface area contributed by atoms with Crippen LogP contribution in [0.1, 0.15) is 28.7 Å². The monoisotopic (exact) mass is 470 g/mol. The highest BCUT2D eigenvalue weighted by atomic mass is 32.2. The second-order valence-corrected chi connectivity index (χ2v) is 10.4. The van der Waals surface area contributed by atoms with Gasteiger partial charge in [0.25, 0.3) is 10.1 Å². The summed E-state index contributed by atoms with van der Waals surface area (Å²) in [5, 5.41) is 0. The van der Waals surface area contributed by atoms with E-state index in [9.17, 15) is 8.42 Å². The molecule has 33 heavy (non-hydrogen) atoms. The predicted molar refractivity (Wildman–Crippen MR) is 124 cm³/mol. The molecule has 4 rings (SSSR count). The highest BCUT2D eigenvalue weighted by molar-refractivity contribution is 7.86. The summed E-state index contributed by atoms with van der Waals surface area (Å²) in [6, 6.07) is 13.1. The average molecular weight is 471 g/mol. The number of aromatic nitrogens is 2. The number of nitrogens with zero attached hydrogens (tertiary/aromatic N) is 2. The van der Waals surface area contributed by atoms with Crippen LogP contribution in [0.2, 0.25) is 0 Å². The van der Waals surface area contributed by atoms with Crippen LogP contribution in [0.15, 0.2) is 66.1 Å². The van der Waals surface area contributed by atoms with Crippen molar-refractivity contribution < 1.29 is 22.1 Å². The minimum Gasteiger partial charge on any atom is -0.345 e. The number of ether oxygens (including phenoxy) is 2. The molecule has 0 saturated carbocycles. The molecule has 1 aliphatic heterocycles. The molecule has 0 bridgehead atoms. The van der Waals surface area contributed by atoms with Gasteiger partial charge < -0.3 is 14.0 Å². The molecule has 0 radical (unpaired) electrons. The molecule has 0 spiro atoms. The first kappa shape index (κ1) is 23.6. The maximum atomic E-state index is 12.6. The first-order chi connectivity index (χ1) is 15.7. The molecular weight excluding hydrogens is 440 g/mol. The summed E-state index contributed by atoms with van der Waals surface area (Å²) in [5.41, 5.74) is 4.63. The van der Waals surface area contributed by atoms with Crippen molar-refractivity contribution in [3.05, 3.63) is 83.4 Å². The van der Waals surface area contributed by atoms with Crippen LogP contribution in [-0.4, -0.2) is 43.1 Å². The lowest BCUT2D eigenvalue weighted by atomic mass is 10.0. The van der Waals surface area contributed by atoms with Gasteiger partial charge in [-0.25, -0.2) is 4.98 Å². The van der Waals surface area contributed by atoms with E-state index in [0.29, 0.717) is 13.0 Å². The van der Waals surface area contributed by atoms with Crippen LogP contribution in [-0.2, 0) is 36.7 Å². The van der Waals surface area contributed by atoms with Crippen LogP contribution in [0.3, 0.4) is 0 Å². The molecule has 1 fully saturated rings. The van der Waals surface area contributed by atoms with Crippen LogP contribution in [0.4, 0.5) is 0 Å². The smallest absolute Gasteiger partial charge is 0.297 e. The lowest BCUT2D eigenvalue weighted by Crippen LogP contribution is -2.37. The minimum atomic E-state index is -3.87. The topological polar surface area (TPSA) is 79.7 Å². The summed E-state index contributed by atoms with van der Waals surface area (Å²) in [6.07, 6.45) is 6.18. The van der Waals surface area contributed by atoms with E-state index in [2.05, 4.69) is 37.0 Å². The fourth-order valence-electron chi connectivity index (χ4n) is 4.14. The molecule has 7 nitrogen and oxygen atoms in total. The third-order valence-corrected chi connectivity index (χ3v) is 6.99. The van der Waals surface area contributed by atoms with Gasteiger partial charge in [0.2, 0.25) is 0 Å². The molecule has 0 N–H and O–H groups in total. The molecule has 1 aromatic heterocycles. The number of rotatable bonds is 9. The van der Waals surface area contributed by atoms with E-state index in [-0.39, 0.29) is 18.1 Å². The van der Waals surface area contributed by atoms with Crippen molar-refractivity contribution >= 4 is 10.1 Å². The fourth-order valence-corrected chi connectivity index (χ4v) is 5.07. The highest BCUT2D eigenvalue weighted by Gasteiger charge is 2.42. The van der Waals surface area contributed by atoms with Crippen LogP contribution in [0.25, 0.3) is 0 Å². The second-order valence-electron chi connectivity index (χ2n) is 8.74. The molecule has 2 aromatic carbocycles. The maximum Gasteiger partial charge on any atom is 0.297 e. The Morgan fingerprint density at radius 2 is 1.82 bits per heavy atom. The molecule has 176 valence electrons. The van der Waals surface area contributed by atoms with Crippen molar-refractivity contribution in [2.75, 3.05) is 13.2 Å². The van der Waals surface area contributed by atoms with Gasteiger partial charge in [-0.2, -0.15) is 8.42 Å². The molecule has 1 saturated heterocycles. The number of hydrogen-bond donors (Lipinski definition) is 0. The largest absolute Gasteiger partial charge is 0.345 e. The Labute approximate surface area is 195 Å². The van der Waals surface area contributed by atoms with Crippen molar-refractivity contribution in [2.24, 2.45) is 0 Å². The SMILES string of the molecule is Cc1ccc(S(=O)(=O)OC[C@@H]2CO[C@](CCc3cc(C)cc(C)c3)(Cn3ccnc3)O2)cc1. The third-order valence-electron chi connectivity index (χ3n) is 5.69. The molecule has 3 aromatic rings. The summed E-state index contributed by atoms with van der Waals surface area (Å²) < 4.78 is 44.8. The molecular formula is C25H30N2O5S. The van der Waals surface area contributed by atoms with Gasteiger partial charge in [-0.05, 0) is 44.9 Å². The van der Waals surface area contributed by atoms with E-state index in [1.165, 1.54) is 16.7 Å². The number of imidazole rings is 1. The minimum absolute atomic E-state index is 0.106. The van der Waals surface area contributed by atoms with E-state index in [0.717, 1.165) is 12.0 Å². The van der Waals surface area contributed by atoms with E-state index in [4.69, 9.17) is 13.7 Å². The zero-order chi connectivity index (χ0) is 23.5. The van der Waals surface area contributed by atoms with Gasteiger partial charge in [-0.15, -0.1) is 0 Å². The Morgan fingerprint density at radius 3 is 2.48 bits per heavy atom. The van der Waals surface area contributed by atoms with Crippen molar-refractivity contribution in [2.45, 2.75) is 56.9 Å². The molecule has 2 heterocycles. The van der Waals surface area contributed by atoms with Crippen LogP contribution < -0.4 is 0 Å². The Bertz CT molecular complexity index is 1160. The van der Waals surface area contributed by atoms with Crippen LogP contribution in [0, 0.1) is 20.8 Å². The normalized spacial score (nSPS) is 20.9. The highest BCUT2D eigenvalue weighted by Crippen LogP contribution is 2.32. The van der Waals surface area contributed by atoms with Gasteiger partial charge in [0.15, 0.2) is 5.79 Å². The lowest BCUT2D eigenvalue weighted by Gasteiger charge is -2.28. The first-order valence-corrected chi connectivity index (χ1v) is 12.4. The number of hydrogen-bond acceptors (Lipinski definition) is 6. The maximum absolute atomic E-state index is 12.6. The van der Waals surface area contributed by atoms with Gasteiger partial charge in [0.1, 0.15) is 6.10 Å². The van der Waals surface area contributed by atoms with Crippen molar-refractivity contribution in [3.63, 3.8) is 0 Å². The first-order valence-electron chi connectivity index (χ1n) is 11.0. The summed E-state index contributed by atoms with van der Waals surface area (Å²) in [4.78, 5) is 4.24. The van der Waals surface area contributed by atoms with E-state index in [1.807, 2.05) is 17.7 Å². The Balaban J connectivity index is 1.44. The van der Waals surface area contributed by atoms with Crippen LogP contribution in [0.5, 0.6) is 0 Å². The molecule has 2 atom stereocenters. The number of benzene rings is 2. The van der Waals surface area contributed by atoms with Gasteiger partial charge in [0.05, 0.1) is 31.0 Å². The summed E-state index contributed by atoms with van der Waals surface area (Å²) >= 11 is 0. The summed E-state index contributed by atoms with van der Waals surface area (Å²) in [7, 11) is -3.87. The van der Waals surface area contributed by atoms with E-state index in [1.54, 1.807) is 36.8 Å². The second kappa shape index (κ2) is 9.77. The standard InChI is InChI=1S/C25H30N2O5S/c1-19-4-6-24(7-5-19)33(28,29)31-16-23-15-30-25(32-23,17-27-11-10-26-18-27)9-8-22-13-20(2)12-21(3)14-22/h4-7,10-14,18,23H,8-9,15-17H2,1-3H3/t23-,25-/m0/s1. The van der Waals surface area contributed by atoms with Gasteiger partial charge in [0, 0.05) is 18.8 Å². The quantitative estimate of drug-likeness (QED) is 0.441. The van der Waals surface area contributed by atoms with E-state index < -0.39 is 22.0 Å². The van der Waals surface area contributed by atoms with Crippen LogP contribution >= 0.6 is 0 Å². The number of aryl methyl sites for hydroxylation is 4. The van der Waals surface area contributed by atoms with Gasteiger partial charge in [-0.1, -0.05) is 47.0 Å². The summed E-state index contributed by atoms with van der Waals surface area (Å²) in [6.45, 7) is 6.68. The predicted octanol–water partition coefficient (Wildman–Crippen LogP) is 3.96. The van der Waals surface area contributed by atoms with E-state index >= 15 is 0 Å². The average Bonchev–Trinajstić information content (AvgIpc) is 3.41. The Kier molecular flexibility index (Phi) is 6.99. The van der Waals surface area contributed by atoms with Crippen molar-refractivity contribution in [3.8, 4) is 0 Å². The Morgan fingerprint density at radius 1 is 1.09 bits per heavy atom. The zero-order valence-corrected chi connectivity index (χ0v) is 20.0. The third kappa shape index (κ3) is 6.09. The van der Waals surface area contributed by atoms with Gasteiger partial charge in [-0.3, -0.25) is 4.18 Å². The molecule has 8 heteroatoms. The molecule has 0 amide bonds. The van der Waals surface area contributed by atoms with Crippen molar-refractivity contribution in [1.29, 1.82) is 0 Å². The lowest BCUT2D eigenvalue weighted by molar-refractivity contribution is -0.184. The Hall–Kier alpha value is -2.52.